The first-order chi connectivity index (χ1) is 16.1. The van der Waals surface area contributed by atoms with E-state index in [4.69, 9.17) is 14.6 Å². The van der Waals surface area contributed by atoms with Gasteiger partial charge in [-0.25, -0.2) is 9.07 Å². The Kier molecular flexibility index (Phi) is 6.13. The Bertz CT molecular complexity index is 1130. The van der Waals surface area contributed by atoms with Gasteiger partial charge in [-0.2, -0.15) is 15.1 Å². The number of ether oxygens (including phenoxy) is 2. The molecular formula is C23H29FN6O3. The molecule has 0 amide bonds. The predicted octanol–water partition coefficient (Wildman–Crippen LogP) is 1.75. The average Bonchev–Trinajstić information content (AvgIpc) is 3.20. The van der Waals surface area contributed by atoms with E-state index >= 15 is 0 Å². The van der Waals surface area contributed by atoms with Crippen LogP contribution in [0.5, 0.6) is 6.01 Å². The molecule has 2 N–H and O–H groups in total. The van der Waals surface area contributed by atoms with Crippen molar-refractivity contribution >= 4 is 16.7 Å². The van der Waals surface area contributed by atoms with Crippen molar-refractivity contribution in [3.8, 4) is 11.8 Å². The number of benzene rings is 1. The number of aliphatic hydroxyl groups is 1. The van der Waals surface area contributed by atoms with Crippen LogP contribution in [0.3, 0.4) is 0 Å². The van der Waals surface area contributed by atoms with Crippen LogP contribution in [0.25, 0.3) is 16.7 Å². The molecule has 0 bridgehead atoms. The first-order valence-electron chi connectivity index (χ1n) is 11.3. The van der Waals surface area contributed by atoms with Gasteiger partial charge in [0.2, 0.25) is 0 Å². The minimum absolute atomic E-state index is 0.0103. The van der Waals surface area contributed by atoms with Crippen molar-refractivity contribution in [1.82, 2.24) is 25.1 Å². The summed E-state index contributed by atoms with van der Waals surface area (Å²) in [5.41, 5.74) is 2.97. The maximum atomic E-state index is 14.7. The molecule has 0 unspecified atom stereocenters. The standard InChI is InChI=1S/C23H29FN6O3/c1-14-7-15-10-26-30(20(15)8-18(14)17-3-4-25-11-19(17)24)22-9-21(27-23(28-22)32-2)29-12-16(13-29)33-6-5-31/h7-10,16-17,19,25,31H,3-6,11-13H2,1-2H3/t17-,19-/m0/s1. The molecule has 0 aliphatic carbocycles. The molecule has 2 aliphatic rings. The van der Waals surface area contributed by atoms with Gasteiger partial charge in [0.25, 0.3) is 0 Å². The third-order valence-electron chi connectivity index (χ3n) is 6.46. The number of rotatable bonds is 7. The van der Waals surface area contributed by atoms with Crippen molar-refractivity contribution in [3.63, 3.8) is 0 Å². The number of piperidine rings is 1. The highest BCUT2D eigenvalue weighted by molar-refractivity contribution is 5.82. The largest absolute Gasteiger partial charge is 0.467 e. The molecule has 0 saturated carbocycles. The van der Waals surface area contributed by atoms with Crippen LogP contribution in [0.15, 0.2) is 24.4 Å². The number of fused-ring (bicyclic) bond motifs is 1. The zero-order chi connectivity index (χ0) is 22.9. The molecule has 33 heavy (non-hydrogen) atoms. The first kappa shape index (κ1) is 22.0. The lowest BCUT2D eigenvalue weighted by Gasteiger charge is -2.39. The van der Waals surface area contributed by atoms with Crippen molar-refractivity contribution in [2.24, 2.45) is 0 Å². The van der Waals surface area contributed by atoms with Gasteiger partial charge in [0.1, 0.15) is 12.0 Å². The summed E-state index contributed by atoms with van der Waals surface area (Å²) in [6.45, 7) is 4.92. The molecule has 2 saturated heterocycles. The van der Waals surface area contributed by atoms with Crippen LogP contribution in [0.2, 0.25) is 0 Å². The van der Waals surface area contributed by atoms with Crippen LogP contribution < -0.4 is 15.0 Å². The fourth-order valence-electron chi connectivity index (χ4n) is 4.67. The molecule has 9 nitrogen and oxygen atoms in total. The van der Waals surface area contributed by atoms with Gasteiger partial charge in [0, 0.05) is 37.0 Å². The Labute approximate surface area is 191 Å². The number of methoxy groups -OCH3 is 1. The molecule has 0 radical (unpaired) electrons. The van der Waals surface area contributed by atoms with Gasteiger partial charge in [-0.05, 0) is 43.1 Å². The van der Waals surface area contributed by atoms with E-state index in [0.717, 1.165) is 40.8 Å². The Morgan fingerprint density at radius 1 is 1.21 bits per heavy atom. The van der Waals surface area contributed by atoms with E-state index in [9.17, 15) is 4.39 Å². The second kappa shape index (κ2) is 9.20. The number of halogens is 1. The maximum Gasteiger partial charge on any atom is 0.320 e. The van der Waals surface area contributed by atoms with E-state index < -0.39 is 6.17 Å². The van der Waals surface area contributed by atoms with Gasteiger partial charge in [-0.3, -0.25) is 0 Å². The summed E-state index contributed by atoms with van der Waals surface area (Å²) in [6.07, 6.45) is 1.72. The molecule has 0 spiro atoms. The minimum atomic E-state index is -0.913. The number of aryl methyl sites for hydroxylation is 1. The molecule has 176 valence electrons. The van der Waals surface area contributed by atoms with Crippen LogP contribution in [0, 0.1) is 6.92 Å². The number of nitrogens with one attached hydrogen (secondary N) is 1. The third kappa shape index (κ3) is 4.25. The number of nitrogens with zero attached hydrogens (tertiary/aromatic N) is 5. The monoisotopic (exact) mass is 456 g/mol. The number of alkyl halides is 1. The normalized spacial score (nSPS) is 21.4. The van der Waals surface area contributed by atoms with Gasteiger partial charge in [-0.15, -0.1) is 0 Å². The Morgan fingerprint density at radius 2 is 2.03 bits per heavy atom. The lowest BCUT2D eigenvalue weighted by molar-refractivity contribution is 0.0132. The summed E-state index contributed by atoms with van der Waals surface area (Å²) in [6, 6.07) is 6.25. The molecule has 1 aromatic carbocycles. The summed E-state index contributed by atoms with van der Waals surface area (Å²) in [4.78, 5) is 11.1. The van der Waals surface area contributed by atoms with Crippen molar-refractivity contribution in [1.29, 1.82) is 0 Å². The van der Waals surface area contributed by atoms with E-state index in [-0.39, 0.29) is 24.6 Å². The molecular weight excluding hydrogens is 427 g/mol. The zero-order valence-corrected chi connectivity index (χ0v) is 18.9. The van der Waals surface area contributed by atoms with E-state index in [1.54, 1.807) is 10.9 Å². The molecule has 10 heteroatoms. The lowest BCUT2D eigenvalue weighted by Crippen LogP contribution is -2.53. The Morgan fingerprint density at radius 3 is 2.79 bits per heavy atom. The molecule has 2 atom stereocenters. The van der Waals surface area contributed by atoms with Crippen molar-refractivity contribution < 1.29 is 19.0 Å². The fourth-order valence-corrected chi connectivity index (χ4v) is 4.67. The number of anilines is 1. The molecule has 4 heterocycles. The van der Waals surface area contributed by atoms with E-state index in [1.807, 2.05) is 13.0 Å². The maximum absolute atomic E-state index is 14.7. The van der Waals surface area contributed by atoms with Crippen LogP contribution in [-0.4, -0.2) is 83.6 Å². The lowest BCUT2D eigenvalue weighted by atomic mass is 9.85. The summed E-state index contributed by atoms with van der Waals surface area (Å²) in [7, 11) is 1.54. The summed E-state index contributed by atoms with van der Waals surface area (Å²) < 4.78 is 27.4. The molecule has 2 aliphatic heterocycles. The predicted molar refractivity (Wildman–Crippen MR) is 122 cm³/mol. The first-order valence-corrected chi connectivity index (χ1v) is 11.3. The van der Waals surface area contributed by atoms with E-state index in [2.05, 4.69) is 37.4 Å². The number of aromatic nitrogens is 4. The highest BCUT2D eigenvalue weighted by atomic mass is 19.1. The third-order valence-corrected chi connectivity index (χ3v) is 6.46. The van der Waals surface area contributed by atoms with Gasteiger partial charge in [-0.1, -0.05) is 0 Å². The number of aliphatic hydroxyl groups excluding tert-OH is 1. The zero-order valence-electron chi connectivity index (χ0n) is 18.9. The van der Waals surface area contributed by atoms with Crippen molar-refractivity contribution in [2.75, 3.05) is 51.4 Å². The Balaban J connectivity index is 1.49. The topological polar surface area (TPSA) is 97.6 Å². The second-order valence-electron chi connectivity index (χ2n) is 8.63. The Hall–Kier alpha value is -2.82. The molecule has 2 fully saturated rings. The fraction of sp³-hybridized carbons (Fsp3) is 0.522. The summed E-state index contributed by atoms with van der Waals surface area (Å²) >= 11 is 0. The van der Waals surface area contributed by atoms with Gasteiger partial charge in [0.05, 0.1) is 38.1 Å². The number of hydrogen-bond donors (Lipinski definition) is 2. The van der Waals surface area contributed by atoms with E-state index in [1.165, 1.54) is 7.11 Å². The minimum Gasteiger partial charge on any atom is -0.467 e. The number of hydrogen-bond acceptors (Lipinski definition) is 8. The van der Waals surface area contributed by atoms with E-state index in [0.29, 0.717) is 32.1 Å². The van der Waals surface area contributed by atoms with Crippen molar-refractivity contribution in [3.05, 3.63) is 35.5 Å². The molecule has 2 aromatic heterocycles. The van der Waals surface area contributed by atoms with Crippen LogP contribution in [0.4, 0.5) is 10.2 Å². The SMILES string of the molecule is COc1nc(N2CC(OCCO)C2)cc(-n2ncc3cc(C)c([C@@H]4CCNC[C@@H]4F)cc32)n1. The van der Waals surface area contributed by atoms with Gasteiger partial charge in [0.15, 0.2) is 5.82 Å². The smallest absolute Gasteiger partial charge is 0.320 e. The van der Waals surface area contributed by atoms with Gasteiger partial charge >= 0.3 is 6.01 Å². The average molecular weight is 457 g/mol. The van der Waals surface area contributed by atoms with Gasteiger partial charge < -0.3 is 24.8 Å². The highest BCUT2D eigenvalue weighted by Crippen LogP contribution is 2.34. The highest BCUT2D eigenvalue weighted by Gasteiger charge is 2.30. The summed E-state index contributed by atoms with van der Waals surface area (Å²) in [5.74, 6) is 1.17. The molecule has 3 aromatic rings. The van der Waals surface area contributed by atoms with Crippen LogP contribution >= 0.6 is 0 Å². The summed E-state index contributed by atoms with van der Waals surface area (Å²) in [5, 5.41) is 17.6. The quantitative estimate of drug-likeness (QED) is 0.555. The van der Waals surface area contributed by atoms with Crippen LogP contribution in [0.1, 0.15) is 23.5 Å². The molecule has 5 rings (SSSR count). The second-order valence-corrected chi connectivity index (χ2v) is 8.63. The van der Waals surface area contributed by atoms with Crippen molar-refractivity contribution in [2.45, 2.75) is 31.5 Å². The van der Waals surface area contributed by atoms with Crippen LogP contribution in [-0.2, 0) is 4.74 Å².